The maximum atomic E-state index is 3.35. The highest BCUT2D eigenvalue weighted by Gasteiger charge is 1.98. The molecule has 0 atom stereocenters. The molecule has 0 aliphatic rings. The Morgan fingerprint density at radius 3 is 2.61 bits per heavy atom. The molecule has 2 rings (SSSR count). The van der Waals surface area contributed by atoms with Crippen LogP contribution in [0.5, 0.6) is 0 Å². The Balaban J connectivity index is 1.97. The molecule has 90 valence electrons. The van der Waals surface area contributed by atoms with E-state index in [1.165, 1.54) is 9.13 Å². The molecular formula is C16H14IN. The van der Waals surface area contributed by atoms with Crippen LogP contribution in [0.4, 0.5) is 5.69 Å². The summed E-state index contributed by atoms with van der Waals surface area (Å²) in [7, 11) is 0. The Hall–Kier alpha value is -1.47. The molecule has 2 heteroatoms. The number of hydrogen-bond donors (Lipinski definition) is 1. The van der Waals surface area contributed by atoms with Gasteiger partial charge < -0.3 is 5.32 Å². The third-order valence-corrected chi connectivity index (χ3v) is 3.81. The van der Waals surface area contributed by atoms with Crippen molar-refractivity contribution in [3.8, 4) is 11.8 Å². The van der Waals surface area contributed by atoms with Crippen molar-refractivity contribution in [2.75, 3.05) is 11.9 Å². The van der Waals surface area contributed by atoms with Crippen LogP contribution in [0, 0.1) is 22.3 Å². The van der Waals surface area contributed by atoms with Crippen LogP contribution in [0.2, 0.25) is 0 Å². The zero-order valence-corrected chi connectivity index (χ0v) is 12.4. The molecule has 0 aromatic heterocycles. The zero-order chi connectivity index (χ0) is 12.8. The smallest absolute Gasteiger partial charge is 0.0769 e. The number of halogens is 1. The van der Waals surface area contributed by atoms with Crippen molar-refractivity contribution >= 4 is 28.3 Å². The molecule has 0 unspecified atom stereocenters. The first-order valence-corrected chi connectivity index (χ1v) is 6.88. The van der Waals surface area contributed by atoms with E-state index in [1.54, 1.807) is 0 Å². The van der Waals surface area contributed by atoms with Gasteiger partial charge in [0.25, 0.3) is 0 Å². The highest BCUT2D eigenvalue weighted by atomic mass is 127. The molecule has 0 saturated carbocycles. The average Bonchev–Trinajstić information content (AvgIpc) is 2.40. The van der Waals surface area contributed by atoms with Gasteiger partial charge in [-0.15, -0.1) is 0 Å². The van der Waals surface area contributed by atoms with Gasteiger partial charge >= 0.3 is 0 Å². The van der Waals surface area contributed by atoms with Crippen LogP contribution in [-0.2, 0) is 0 Å². The van der Waals surface area contributed by atoms with Gasteiger partial charge in [0.1, 0.15) is 0 Å². The topological polar surface area (TPSA) is 12.0 Å². The number of hydrogen-bond acceptors (Lipinski definition) is 1. The van der Waals surface area contributed by atoms with Crippen molar-refractivity contribution in [3.63, 3.8) is 0 Å². The summed E-state index contributed by atoms with van der Waals surface area (Å²) in [6.45, 7) is 2.78. The highest BCUT2D eigenvalue weighted by molar-refractivity contribution is 14.1. The lowest BCUT2D eigenvalue weighted by Gasteiger charge is -2.07. The van der Waals surface area contributed by atoms with Crippen molar-refractivity contribution in [2.24, 2.45) is 0 Å². The van der Waals surface area contributed by atoms with E-state index in [1.807, 2.05) is 30.3 Å². The first-order valence-electron chi connectivity index (χ1n) is 5.80. The molecule has 1 N–H and O–H groups in total. The van der Waals surface area contributed by atoms with Gasteiger partial charge in [-0.1, -0.05) is 36.1 Å². The lowest BCUT2D eigenvalue weighted by molar-refractivity contribution is 1.32. The van der Waals surface area contributed by atoms with Crippen molar-refractivity contribution in [3.05, 3.63) is 63.2 Å². The molecule has 0 amide bonds. The fourth-order valence-electron chi connectivity index (χ4n) is 1.61. The van der Waals surface area contributed by atoms with Gasteiger partial charge in [-0.05, 0) is 59.3 Å². The van der Waals surface area contributed by atoms with Gasteiger partial charge in [0, 0.05) is 14.8 Å². The van der Waals surface area contributed by atoms with Gasteiger partial charge in [0.15, 0.2) is 0 Å². The summed E-state index contributed by atoms with van der Waals surface area (Å²) in [6, 6.07) is 16.3. The minimum absolute atomic E-state index is 0.663. The van der Waals surface area contributed by atoms with Crippen LogP contribution in [0.1, 0.15) is 11.1 Å². The van der Waals surface area contributed by atoms with Crippen molar-refractivity contribution in [1.29, 1.82) is 0 Å². The molecular weight excluding hydrogens is 333 g/mol. The Bertz CT molecular complexity index is 579. The standard InChI is InChI=1S/C16H14IN/c1-13-15(17)10-5-11-16(13)18-12-6-9-14-7-3-2-4-8-14/h2-5,7-8,10-11,18H,12H2,1H3. The zero-order valence-electron chi connectivity index (χ0n) is 10.2. The van der Waals surface area contributed by atoms with Crippen LogP contribution in [0.3, 0.4) is 0 Å². The number of benzene rings is 2. The largest absolute Gasteiger partial charge is 0.374 e. The second-order valence-corrected chi connectivity index (χ2v) is 5.10. The van der Waals surface area contributed by atoms with E-state index in [4.69, 9.17) is 0 Å². The van der Waals surface area contributed by atoms with Gasteiger partial charge in [-0.2, -0.15) is 0 Å². The third kappa shape index (κ3) is 3.51. The lowest BCUT2D eigenvalue weighted by atomic mass is 10.2. The van der Waals surface area contributed by atoms with E-state index in [9.17, 15) is 0 Å². The molecule has 0 fully saturated rings. The maximum absolute atomic E-state index is 3.35. The Labute approximate surface area is 122 Å². The molecule has 0 aliphatic carbocycles. The summed E-state index contributed by atoms with van der Waals surface area (Å²) in [6.07, 6.45) is 0. The molecule has 0 spiro atoms. The second kappa shape index (κ2) is 6.46. The fraction of sp³-hybridized carbons (Fsp3) is 0.125. The highest BCUT2D eigenvalue weighted by Crippen LogP contribution is 2.19. The molecule has 0 saturated heterocycles. The van der Waals surface area contributed by atoms with E-state index < -0.39 is 0 Å². The lowest BCUT2D eigenvalue weighted by Crippen LogP contribution is -2.01. The van der Waals surface area contributed by atoms with Gasteiger partial charge in [-0.25, -0.2) is 0 Å². The summed E-state index contributed by atoms with van der Waals surface area (Å²) in [4.78, 5) is 0. The van der Waals surface area contributed by atoms with Crippen LogP contribution in [0.15, 0.2) is 48.5 Å². The molecule has 1 nitrogen and oxygen atoms in total. The quantitative estimate of drug-likeness (QED) is 0.638. The molecule has 0 heterocycles. The Morgan fingerprint density at radius 2 is 1.83 bits per heavy atom. The van der Waals surface area contributed by atoms with E-state index in [0.29, 0.717) is 6.54 Å². The summed E-state index contributed by atoms with van der Waals surface area (Å²) in [5.74, 6) is 6.27. The molecule has 0 aliphatic heterocycles. The van der Waals surface area contributed by atoms with Crippen LogP contribution in [0.25, 0.3) is 0 Å². The van der Waals surface area contributed by atoms with Crippen LogP contribution in [-0.4, -0.2) is 6.54 Å². The van der Waals surface area contributed by atoms with Gasteiger partial charge in [0.2, 0.25) is 0 Å². The average molecular weight is 347 g/mol. The van der Waals surface area contributed by atoms with E-state index in [-0.39, 0.29) is 0 Å². The van der Waals surface area contributed by atoms with E-state index >= 15 is 0 Å². The Morgan fingerprint density at radius 1 is 1.06 bits per heavy atom. The predicted molar refractivity (Wildman–Crippen MR) is 85.7 cm³/mol. The number of anilines is 1. The van der Waals surface area contributed by atoms with Crippen LogP contribution >= 0.6 is 22.6 Å². The minimum atomic E-state index is 0.663. The van der Waals surface area contributed by atoms with E-state index in [2.05, 4.69) is 64.9 Å². The molecule has 18 heavy (non-hydrogen) atoms. The Kier molecular flexibility index (Phi) is 4.66. The van der Waals surface area contributed by atoms with Crippen molar-refractivity contribution < 1.29 is 0 Å². The molecule has 0 bridgehead atoms. The van der Waals surface area contributed by atoms with Crippen molar-refractivity contribution in [2.45, 2.75) is 6.92 Å². The molecule has 2 aromatic rings. The van der Waals surface area contributed by atoms with Gasteiger partial charge in [-0.3, -0.25) is 0 Å². The summed E-state index contributed by atoms with van der Waals surface area (Å²) in [5.41, 5.74) is 3.49. The monoisotopic (exact) mass is 347 g/mol. The second-order valence-electron chi connectivity index (χ2n) is 3.93. The van der Waals surface area contributed by atoms with Crippen molar-refractivity contribution in [1.82, 2.24) is 0 Å². The normalized spacial score (nSPS) is 9.44. The summed E-state index contributed by atoms with van der Waals surface area (Å²) in [5, 5.41) is 3.35. The fourth-order valence-corrected chi connectivity index (χ4v) is 2.10. The minimum Gasteiger partial charge on any atom is -0.374 e. The molecule has 2 aromatic carbocycles. The third-order valence-electron chi connectivity index (χ3n) is 2.64. The predicted octanol–water partition coefficient (Wildman–Crippen LogP) is 4.06. The molecule has 0 radical (unpaired) electrons. The summed E-state index contributed by atoms with van der Waals surface area (Å²) < 4.78 is 1.27. The SMILES string of the molecule is Cc1c(I)cccc1NCC#Cc1ccccc1. The number of rotatable bonds is 2. The van der Waals surface area contributed by atoms with Gasteiger partial charge in [0.05, 0.1) is 6.54 Å². The summed E-state index contributed by atoms with van der Waals surface area (Å²) >= 11 is 2.34. The van der Waals surface area contributed by atoms with E-state index in [0.717, 1.165) is 11.3 Å². The first kappa shape index (κ1) is 13.0. The van der Waals surface area contributed by atoms with Crippen LogP contribution < -0.4 is 5.32 Å². The number of nitrogens with one attached hydrogen (secondary N) is 1. The maximum Gasteiger partial charge on any atom is 0.0769 e. The first-order chi connectivity index (χ1) is 8.77.